The molecular weight excluding hydrogens is 224 g/mol. The fraction of sp³-hybridized carbons (Fsp3) is 0.438. The van der Waals surface area contributed by atoms with Crippen LogP contribution in [0.15, 0.2) is 24.8 Å². The van der Waals surface area contributed by atoms with Gasteiger partial charge in [-0.05, 0) is 36.0 Å². The number of carboxylic acid groups (broad SMARTS) is 1. The van der Waals surface area contributed by atoms with Crippen LogP contribution < -0.4 is 0 Å². The van der Waals surface area contributed by atoms with Crippen LogP contribution in [0.3, 0.4) is 0 Å². The fourth-order valence-corrected chi connectivity index (χ4v) is 2.30. The summed E-state index contributed by atoms with van der Waals surface area (Å²) in [6.07, 6.45) is 5.95. The first-order chi connectivity index (χ1) is 8.60. The second-order valence-corrected chi connectivity index (χ2v) is 4.82. The zero-order valence-corrected chi connectivity index (χ0v) is 11.3. The van der Waals surface area contributed by atoms with E-state index >= 15 is 0 Å². The van der Waals surface area contributed by atoms with E-state index in [0.717, 1.165) is 24.0 Å². The van der Waals surface area contributed by atoms with Crippen LogP contribution in [0.2, 0.25) is 0 Å². The first-order valence-corrected chi connectivity index (χ1v) is 6.57. The summed E-state index contributed by atoms with van der Waals surface area (Å²) in [6, 6.07) is 5.38. The topological polar surface area (TPSA) is 37.3 Å². The van der Waals surface area contributed by atoms with Gasteiger partial charge in [0.2, 0.25) is 0 Å². The van der Waals surface area contributed by atoms with Gasteiger partial charge >= 0.3 is 5.97 Å². The van der Waals surface area contributed by atoms with Crippen LogP contribution in [0, 0.1) is 5.92 Å². The highest BCUT2D eigenvalue weighted by Gasteiger charge is 2.13. The predicted octanol–water partition coefficient (Wildman–Crippen LogP) is 4.40. The van der Waals surface area contributed by atoms with Crippen LogP contribution in [0.4, 0.5) is 0 Å². The number of rotatable bonds is 7. The fourth-order valence-electron chi connectivity index (χ4n) is 2.30. The molecule has 0 aliphatic heterocycles. The second-order valence-electron chi connectivity index (χ2n) is 4.82. The molecule has 0 bridgehead atoms. The number of carbonyl (C=O) groups is 1. The smallest absolute Gasteiger partial charge is 0.335 e. The van der Waals surface area contributed by atoms with E-state index in [9.17, 15) is 9.90 Å². The molecule has 0 amide bonds. The standard InChI is InChI=1S/C16H22O2/c1-4-7-12(3)10-11-14-13(5-2)8-6-9-15(14)16(17)18/h5-6,8-9,12H,2,4,7,10-11H2,1,3H3,(H,17,18). The lowest BCUT2D eigenvalue weighted by atomic mass is 9.92. The van der Waals surface area contributed by atoms with Crippen molar-refractivity contribution in [3.63, 3.8) is 0 Å². The molecule has 1 aromatic carbocycles. The van der Waals surface area contributed by atoms with Crippen LogP contribution in [0.5, 0.6) is 0 Å². The van der Waals surface area contributed by atoms with Gasteiger partial charge in [-0.15, -0.1) is 0 Å². The summed E-state index contributed by atoms with van der Waals surface area (Å²) in [4.78, 5) is 11.2. The van der Waals surface area contributed by atoms with Crippen LogP contribution in [-0.2, 0) is 6.42 Å². The molecule has 0 aliphatic carbocycles. The normalized spacial score (nSPS) is 12.1. The highest BCUT2D eigenvalue weighted by atomic mass is 16.4. The zero-order chi connectivity index (χ0) is 13.5. The maximum absolute atomic E-state index is 11.2. The Morgan fingerprint density at radius 3 is 2.72 bits per heavy atom. The van der Waals surface area contributed by atoms with Crippen molar-refractivity contribution >= 4 is 12.0 Å². The van der Waals surface area contributed by atoms with Gasteiger partial charge in [0.25, 0.3) is 0 Å². The molecule has 2 nitrogen and oxygen atoms in total. The maximum Gasteiger partial charge on any atom is 0.335 e. The van der Waals surface area contributed by atoms with E-state index in [4.69, 9.17) is 0 Å². The van der Waals surface area contributed by atoms with Crippen molar-refractivity contribution < 1.29 is 9.90 Å². The minimum atomic E-state index is -0.850. The number of hydrogen-bond donors (Lipinski definition) is 1. The van der Waals surface area contributed by atoms with E-state index < -0.39 is 5.97 Å². The second kappa shape index (κ2) is 7.00. The van der Waals surface area contributed by atoms with Gasteiger partial charge in [0.05, 0.1) is 5.56 Å². The Hall–Kier alpha value is -1.57. The van der Waals surface area contributed by atoms with E-state index in [-0.39, 0.29) is 0 Å². The van der Waals surface area contributed by atoms with E-state index in [2.05, 4.69) is 20.4 Å². The van der Waals surface area contributed by atoms with Gasteiger partial charge in [0, 0.05) is 0 Å². The molecule has 1 rings (SSSR count). The molecule has 2 heteroatoms. The molecule has 0 saturated heterocycles. The molecule has 98 valence electrons. The molecule has 1 atom stereocenters. The molecule has 0 fully saturated rings. The van der Waals surface area contributed by atoms with E-state index in [1.54, 1.807) is 18.2 Å². The third kappa shape index (κ3) is 3.73. The Kier molecular flexibility index (Phi) is 5.63. The van der Waals surface area contributed by atoms with Crippen molar-refractivity contribution in [2.45, 2.75) is 39.5 Å². The minimum Gasteiger partial charge on any atom is -0.478 e. The molecule has 0 aliphatic rings. The number of benzene rings is 1. The van der Waals surface area contributed by atoms with Crippen molar-refractivity contribution in [2.24, 2.45) is 5.92 Å². The summed E-state index contributed by atoms with van der Waals surface area (Å²) in [5.41, 5.74) is 2.28. The van der Waals surface area contributed by atoms with Gasteiger partial charge in [0.1, 0.15) is 0 Å². The van der Waals surface area contributed by atoms with Gasteiger partial charge in [-0.1, -0.05) is 51.5 Å². The SMILES string of the molecule is C=Cc1cccc(C(=O)O)c1CCC(C)CCC. The summed E-state index contributed by atoms with van der Waals surface area (Å²) < 4.78 is 0. The third-order valence-corrected chi connectivity index (χ3v) is 3.33. The molecule has 1 unspecified atom stereocenters. The number of carboxylic acids is 1. The highest BCUT2D eigenvalue weighted by molar-refractivity contribution is 5.90. The Labute approximate surface area is 109 Å². The summed E-state index contributed by atoms with van der Waals surface area (Å²) >= 11 is 0. The molecule has 0 aromatic heterocycles. The minimum absolute atomic E-state index is 0.413. The third-order valence-electron chi connectivity index (χ3n) is 3.33. The van der Waals surface area contributed by atoms with Crippen LogP contribution >= 0.6 is 0 Å². The van der Waals surface area contributed by atoms with Gasteiger partial charge in [0.15, 0.2) is 0 Å². The summed E-state index contributed by atoms with van der Waals surface area (Å²) in [6.45, 7) is 8.16. The summed E-state index contributed by atoms with van der Waals surface area (Å²) in [7, 11) is 0. The largest absolute Gasteiger partial charge is 0.478 e. The van der Waals surface area contributed by atoms with Gasteiger partial charge < -0.3 is 5.11 Å². The van der Waals surface area contributed by atoms with Gasteiger partial charge in [-0.3, -0.25) is 0 Å². The predicted molar refractivity (Wildman–Crippen MR) is 75.9 cm³/mol. The Morgan fingerprint density at radius 1 is 1.44 bits per heavy atom. The highest BCUT2D eigenvalue weighted by Crippen LogP contribution is 2.21. The lowest BCUT2D eigenvalue weighted by molar-refractivity contribution is 0.0695. The quantitative estimate of drug-likeness (QED) is 0.774. The molecule has 1 N–H and O–H groups in total. The Bertz CT molecular complexity index is 421. The molecular formula is C16H22O2. The van der Waals surface area contributed by atoms with Gasteiger partial charge in [-0.25, -0.2) is 4.79 Å². The lowest BCUT2D eigenvalue weighted by Crippen LogP contribution is -2.06. The maximum atomic E-state index is 11.2. The van der Waals surface area contributed by atoms with Crippen molar-refractivity contribution in [3.05, 3.63) is 41.5 Å². The molecule has 18 heavy (non-hydrogen) atoms. The lowest BCUT2D eigenvalue weighted by Gasteiger charge is -2.13. The zero-order valence-electron chi connectivity index (χ0n) is 11.3. The molecule has 0 radical (unpaired) electrons. The summed E-state index contributed by atoms with van der Waals surface area (Å²) in [5.74, 6) is -0.216. The van der Waals surface area contributed by atoms with Crippen LogP contribution in [-0.4, -0.2) is 11.1 Å². The first kappa shape index (κ1) is 14.5. The molecule has 0 heterocycles. The van der Waals surface area contributed by atoms with E-state index in [1.165, 1.54) is 12.8 Å². The summed E-state index contributed by atoms with van der Waals surface area (Å²) in [5, 5.41) is 9.22. The van der Waals surface area contributed by atoms with Crippen molar-refractivity contribution in [1.29, 1.82) is 0 Å². The Morgan fingerprint density at radius 2 is 2.17 bits per heavy atom. The van der Waals surface area contributed by atoms with Crippen molar-refractivity contribution in [1.82, 2.24) is 0 Å². The number of aromatic carboxylic acids is 1. The Balaban J connectivity index is 2.91. The number of hydrogen-bond acceptors (Lipinski definition) is 1. The first-order valence-electron chi connectivity index (χ1n) is 6.57. The average molecular weight is 246 g/mol. The molecule has 0 saturated carbocycles. The van der Waals surface area contributed by atoms with E-state index in [1.807, 2.05) is 6.07 Å². The van der Waals surface area contributed by atoms with Crippen molar-refractivity contribution in [3.8, 4) is 0 Å². The molecule has 0 spiro atoms. The van der Waals surface area contributed by atoms with Crippen LogP contribution in [0.25, 0.3) is 6.08 Å². The van der Waals surface area contributed by atoms with Crippen LogP contribution in [0.1, 0.15) is 54.6 Å². The van der Waals surface area contributed by atoms with Gasteiger partial charge in [-0.2, -0.15) is 0 Å². The average Bonchev–Trinajstić information content (AvgIpc) is 2.36. The monoisotopic (exact) mass is 246 g/mol. The van der Waals surface area contributed by atoms with E-state index in [0.29, 0.717) is 11.5 Å². The molecule has 1 aromatic rings. The van der Waals surface area contributed by atoms with Crippen molar-refractivity contribution in [2.75, 3.05) is 0 Å².